The first-order chi connectivity index (χ1) is 17.3. The number of aliphatic hydroxyl groups is 1. The van der Waals surface area contributed by atoms with Crippen molar-refractivity contribution >= 4 is 45.6 Å². The number of amides is 1. The van der Waals surface area contributed by atoms with Gasteiger partial charge in [-0.3, -0.25) is 14.5 Å². The van der Waals surface area contributed by atoms with Gasteiger partial charge in [-0.1, -0.05) is 35.9 Å². The molecule has 1 aliphatic heterocycles. The molecule has 0 spiro atoms. The number of aliphatic hydroxyl groups excluding tert-OH is 1. The average molecular weight is 503 g/mol. The molecule has 1 saturated heterocycles. The lowest BCUT2D eigenvalue weighted by molar-refractivity contribution is -0.132. The molecule has 1 aromatic heterocycles. The molecule has 1 amide bonds. The first-order valence-corrected chi connectivity index (χ1v) is 11.6. The van der Waals surface area contributed by atoms with Crippen molar-refractivity contribution in [2.75, 3.05) is 19.1 Å². The van der Waals surface area contributed by atoms with Gasteiger partial charge in [0, 0.05) is 47.0 Å². The van der Waals surface area contributed by atoms with Crippen molar-refractivity contribution in [3.05, 3.63) is 94.6 Å². The maximum absolute atomic E-state index is 13.5. The van der Waals surface area contributed by atoms with Gasteiger partial charge >= 0.3 is 0 Å². The molecule has 182 valence electrons. The number of methoxy groups -OCH3 is 2. The summed E-state index contributed by atoms with van der Waals surface area (Å²) in [6.07, 6.45) is 1.88. The smallest absolute Gasteiger partial charge is 0.300 e. The summed E-state index contributed by atoms with van der Waals surface area (Å²) in [4.78, 5) is 28.4. The van der Waals surface area contributed by atoms with Crippen LogP contribution in [0.15, 0.2) is 78.5 Å². The van der Waals surface area contributed by atoms with E-state index in [9.17, 15) is 14.7 Å². The molecule has 0 aliphatic carbocycles. The topological polar surface area (TPSA) is 81.0 Å². The zero-order chi connectivity index (χ0) is 25.6. The number of aromatic nitrogens is 1. The Morgan fingerprint density at radius 1 is 0.972 bits per heavy atom. The second-order valence-electron chi connectivity index (χ2n) is 8.43. The van der Waals surface area contributed by atoms with Crippen molar-refractivity contribution in [2.24, 2.45) is 7.05 Å². The first-order valence-electron chi connectivity index (χ1n) is 11.2. The molecule has 36 heavy (non-hydrogen) atoms. The van der Waals surface area contributed by atoms with Crippen LogP contribution in [0, 0.1) is 0 Å². The van der Waals surface area contributed by atoms with Crippen molar-refractivity contribution in [1.82, 2.24) is 4.57 Å². The van der Waals surface area contributed by atoms with Crippen LogP contribution in [0.5, 0.6) is 11.5 Å². The number of hydrogen-bond acceptors (Lipinski definition) is 5. The number of benzene rings is 3. The monoisotopic (exact) mass is 502 g/mol. The molecular formula is C28H23ClN2O5. The summed E-state index contributed by atoms with van der Waals surface area (Å²) in [5, 5.41) is 12.7. The SMILES string of the molecule is COc1cccc(N2C(=O)C(=O)/C(=C(/O)c3ccc(Cl)c(OC)c3)C2c2cn(C)c3ccccc23)c1. The van der Waals surface area contributed by atoms with Crippen LogP contribution in [0.4, 0.5) is 5.69 Å². The van der Waals surface area contributed by atoms with Crippen molar-refractivity contribution in [1.29, 1.82) is 0 Å². The maximum Gasteiger partial charge on any atom is 0.300 e. The third kappa shape index (κ3) is 3.69. The Kier molecular flexibility index (Phi) is 5.94. The number of ketones is 1. The lowest BCUT2D eigenvalue weighted by atomic mass is 9.94. The summed E-state index contributed by atoms with van der Waals surface area (Å²) in [6.45, 7) is 0. The van der Waals surface area contributed by atoms with Gasteiger partial charge in [0.25, 0.3) is 11.7 Å². The predicted octanol–water partition coefficient (Wildman–Crippen LogP) is 5.48. The molecule has 1 fully saturated rings. The largest absolute Gasteiger partial charge is 0.507 e. The standard InChI is InChI=1S/C28H23ClN2O5/c1-30-15-20(19-9-4-5-10-22(19)30)25-24(26(32)16-11-12-21(29)23(13-16)36-3)27(33)28(34)31(25)17-7-6-8-18(14-17)35-2/h4-15,25,32H,1-3H3/b26-24+. The van der Waals surface area contributed by atoms with Crippen LogP contribution >= 0.6 is 11.6 Å². The number of aryl methyl sites for hydroxylation is 1. The number of rotatable bonds is 5. The summed E-state index contributed by atoms with van der Waals surface area (Å²) < 4.78 is 12.6. The van der Waals surface area contributed by atoms with Crippen LogP contribution in [0.25, 0.3) is 16.7 Å². The minimum Gasteiger partial charge on any atom is -0.507 e. The normalized spacial score (nSPS) is 17.1. The van der Waals surface area contributed by atoms with Crippen molar-refractivity contribution in [2.45, 2.75) is 6.04 Å². The number of Topliss-reactive ketones (excluding diaryl/α,β-unsaturated/α-hetero) is 1. The Labute approximate surface area is 212 Å². The van der Waals surface area contributed by atoms with E-state index < -0.39 is 17.7 Å². The molecular weight excluding hydrogens is 480 g/mol. The first kappa shape index (κ1) is 23.5. The summed E-state index contributed by atoms with van der Waals surface area (Å²) in [5.74, 6) is -0.976. The number of carbonyl (C=O) groups excluding carboxylic acids is 2. The Bertz CT molecular complexity index is 1550. The van der Waals surface area contributed by atoms with Gasteiger partial charge in [-0.15, -0.1) is 0 Å². The number of ether oxygens (including phenoxy) is 2. The number of anilines is 1. The van der Waals surface area contributed by atoms with E-state index in [-0.39, 0.29) is 11.3 Å². The Hall–Kier alpha value is -4.23. The molecule has 1 atom stereocenters. The van der Waals surface area contributed by atoms with Crippen LogP contribution in [-0.2, 0) is 16.6 Å². The molecule has 3 aromatic carbocycles. The number of carbonyl (C=O) groups is 2. The fourth-order valence-corrected chi connectivity index (χ4v) is 4.90. The molecule has 8 heteroatoms. The highest BCUT2D eigenvalue weighted by Crippen LogP contribution is 2.45. The molecule has 7 nitrogen and oxygen atoms in total. The van der Waals surface area contributed by atoms with Gasteiger partial charge in [-0.05, 0) is 36.4 Å². The van der Waals surface area contributed by atoms with Crippen molar-refractivity contribution < 1.29 is 24.2 Å². The van der Waals surface area contributed by atoms with Gasteiger partial charge in [-0.2, -0.15) is 0 Å². The fourth-order valence-electron chi connectivity index (χ4n) is 4.71. The lowest BCUT2D eigenvalue weighted by Crippen LogP contribution is -2.29. The highest BCUT2D eigenvalue weighted by Gasteiger charge is 2.48. The summed E-state index contributed by atoms with van der Waals surface area (Å²) in [5.41, 5.74) is 2.39. The number of halogens is 1. The van der Waals surface area contributed by atoms with E-state index >= 15 is 0 Å². The van der Waals surface area contributed by atoms with E-state index in [1.165, 1.54) is 25.2 Å². The predicted molar refractivity (Wildman–Crippen MR) is 139 cm³/mol. The molecule has 4 aromatic rings. The Balaban J connectivity index is 1.80. The number of fused-ring (bicyclic) bond motifs is 1. The summed E-state index contributed by atoms with van der Waals surface area (Å²) >= 11 is 6.17. The number of hydrogen-bond donors (Lipinski definition) is 1. The second-order valence-corrected chi connectivity index (χ2v) is 8.84. The third-order valence-electron chi connectivity index (χ3n) is 6.42. The van der Waals surface area contributed by atoms with Gasteiger partial charge < -0.3 is 19.1 Å². The second kappa shape index (κ2) is 9.09. The maximum atomic E-state index is 13.5. The van der Waals surface area contributed by atoms with Crippen LogP contribution in [0.1, 0.15) is 17.2 Å². The third-order valence-corrected chi connectivity index (χ3v) is 6.74. The molecule has 0 radical (unpaired) electrons. The molecule has 1 aliphatic rings. The van der Waals surface area contributed by atoms with E-state index in [2.05, 4.69) is 0 Å². The minimum absolute atomic E-state index is 0.0245. The molecule has 1 unspecified atom stereocenters. The van der Waals surface area contributed by atoms with Gasteiger partial charge in [0.1, 0.15) is 17.3 Å². The minimum atomic E-state index is -0.884. The van der Waals surface area contributed by atoms with Crippen LogP contribution in [0.2, 0.25) is 5.02 Å². The van der Waals surface area contributed by atoms with E-state index in [4.69, 9.17) is 21.1 Å². The van der Waals surface area contributed by atoms with E-state index in [0.29, 0.717) is 33.3 Å². The van der Waals surface area contributed by atoms with E-state index in [1.807, 2.05) is 42.1 Å². The zero-order valence-electron chi connectivity index (χ0n) is 19.9. The highest BCUT2D eigenvalue weighted by molar-refractivity contribution is 6.52. The van der Waals surface area contributed by atoms with Crippen LogP contribution in [-0.4, -0.2) is 35.6 Å². The molecule has 5 rings (SSSR count). The zero-order valence-corrected chi connectivity index (χ0v) is 20.6. The molecule has 2 heterocycles. The number of para-hydroxylation sites is 1. The molecule has 0 bridgehead atoms. The van der Waals surface area contributed by atoms with E-state index in [1.54, 1.807) is 36.4 Å². The quantitative estimate of drug-likeness (QED) is 0.222. The van der Waals surface area contributed by atoms with Crippen molar-refractivity contribution in [3.8, 4) is 11.5 Å². The Morgan fingerprint density at radius 2 is 1.75 bits per heavy atom. The van der Waals surface area contributed by atoms with Gasteiger partial charge in [0.05, 0.1) is 30.9 Å². The lowest BCUT2D eigenvalue weighted by Gasteiger charge is -2.25. The molecule has 1 N–H and O–H groups in total. The van der Waals surface area contributed by atoms with Gasteiger partial charge in [0.15, 0.2) is 0 Å². The van der Waals surface area contributed by atoms with E-state index in [0.717, 1.165) is 10.9 Å². The van der Waals surface area contributed by atoms with Crippen LogP contribution in [0.3, 0.4) is 0 Å². The van der Waals surface area contributed by atoms with Gasteiger partial charge in [0.2, 0.25) is 0 Å². The van der Waals surface area contributed by atoms with Crippen molar-refractivity contribution in [3.63, 3.8) is 0 Å². The summed E-state index contributed by atoms with van der Waals surface area (Å²) in [6, 6.07) is 18.4. The van der Waals surface area contributed by atoms with Gasteiger partial charge in [-0.25, -0.2) is 0 Å². The van der Waals surface area contributed by atoms with Crippen LogP contribution < -0.4 is 14.4 Å². The average Bonchev–Trinajstić information content (AvgIpc) is 3.37. The highest BCUT2D eigenvalue weighted by atomic mass is 35.5. The fraction of sp³-hybridized carbons (Fsp3) is 0.143. The number of nitrogens with zero attached hydrogens (tertiary/aromatic N) is 2. The Morgan fingerprint density at radius 3 is 2.50 bits per heavy atom. The summed E-state index contributed by atoms with van der Waals surface area (Å²) in [7, 11) is 4.89. The molecule has 0 saturated carbocycles.